The summed E-state index contributed by atoms with van der Waals surface area (Å²) in [6, 6.07) is 2.14. The fourth-order valence-electron chi connectivity index (χ4n) is 3.42. The van der Waals surface area contributed by atoms with E-state index < -0.39 is 0 Å². The number of aliphatic hydroxyl groups is 1. The van der Waals surface area contributed by atoms with Crippen molar-refractivity contribution in [2.24, 2.45) is 5.92 Å². The zero-order valence-electron chi connectivity index (χ0n) is 12.8. The number of fused-ring (bicyclic) bond motifs is 1. The van der Waals surface area contributed by atoms with Crippen LogP contribution >= 0.6 is 11.3 Å². The first-order valence-electron chi connectivity index (χ1n) is 8.24. The molecule has 1 aliphatic carbocycles. The Kier molecular flexibility index (Phi) is 4.65. The highest BCUT2D eigenvalue weighted by molar-refractivity contribution is 7.14. The first-order valence-corrected chi connectivity index (χ1v) is 9.05. The van der Waals surface area contributed by atoms with Crippen molar-refractivity contribution in [2.75, 3.05) is 13.1 Å². The lowest BCUT2D eigenvalue weighted by Crippen LogP contribution is -2.44. The van der Waals surface area contributed by atoms with Crippen LogP contribution < -0.4 is 0 Å². The van der Waals surface area contributed by atoms with Gasteiger partial charge in [-0.15, -0.1) is 11.3 Å². The Hall–Kier alpha value is -0.870. The van der Waals surface area contributed by atoms with Gasteiger partial charge in [-0.25, -0.2) is 0 Å². The molecule has 0 bridgehead atoms. The third kappa shape index (κ3) is 3.32. The number of aliphatic hydroxyl groups excluding tert-OH is 1. The largest absolute Gasteiger partial charge is 0.393 e. The molecule has 1 aromatic heterocycles. The number of likely N-dealkylation sites (tertiary alicyclic amines) is 1. The lowest BCUT2D eigenvalue weighted by atomic mass is 9.96. The topological polar surface area (TPSA) is 40.5 Å². The maximum Gasteiger partial charge on any atom is 0.263 e. The maximum absolute atomic E-state index is 12.7. The molecule has 116 valence electrons. The molecule has 1 saturated heterocycles. The van der Waals surface area contributed by atoms with Crippen molar-refractivity contribution in [2.45, 2.75) is 58.0 Å². The average molecular weight is 307 g/mol. The molecule has 1 N–H and O–H groups in total. The summed E-state index contributed by atoms with van der Waals surface area (Å²) in [5.41, 5.74) is 1.41. The van der Waals surface area contributed by atoms with E-state index in [-0.39, 0.29) is 17.9 Å². The van der Waals surface area contributed by atoms with Crippen LogP contribution in [0, 0.1) is 5.92 Å². The Labute approximate surface area is 131 Å². The van der Waals surface area contributed by atoms with Crippen LogP contribution in [0.15, 0.2) is 6.07 Å². The summed E-state index contributed by atoms with van der Waals surface area (Å²) in [6.07, 6.45) is 7.88. The molecule has 3 rings (SSSR count). The standard InChI is InChI=1S/C17H25NO2S/c1-12-11-18(9-8-14(12)19)17(20)16-10-13-6-4-2-3-5-7-15(13)21-16/h10,12,14,19H,2-9,11H2,1H3. The number of thiophene rings is 1. The molecule has 2 heterocycles. The minimum atomic E-state index is -0.252. The summed E-state index contributed by atoms with van der Waals surface area (Å²) >= 11 is 1.71. The minimum absolute atomic E-state index is 0.172. The lowest BCUT2D eigenvalue weighted by Gasteiger charge is -2.34. The molecular formula is C17H25NO2S. The van der Waals surface area contributed by atoms with Gasteiger partial charge in [-0.05, 0) is 49.7 Å². The summed E-state index contributed by atoms with van der Waals surface area (Å²) < 4.78 is 0. The lowest BCUT2D eigenvalue weighted by molar-refractivity contribution is 0.0300. The minimum Gasteiger partial charge on any atom is -0.393 e. The second-order valence-electron chi connectivity index (χ2n) is 6.56. The van der Waals surface area contributed by atoms with E-state index in [0.29, 0.717) is 19.5 Å². The predicted molar refractivity (Wildman–Crippen MR) is 85.9 cm³/mol. The van der Waals surface area contributed by atoms with E-state index in [2.05, 4.69) is 6.07 Å². The van der Waals surface area contributed by atoms with E-state index in [1.807, 2.05) is 11.8 Å². The summed E-state index contributed by atoms with van der Waals surface area (Å²) in [7, 11) is 0. The van der Waals surface area contributed by atoms with E-state index in [0.717, 1.165) is 17.7 Å². The molecule has 2 unspecified atom stereocenters. The van der Waals surface area contributed by atoms with Gasteiger partial charge in [0.15, 0.2) is 0 Å². The molecule has 1 aromatic rings. The second kappa shape index (κ2) is 6.49. The van der Waals surface area contributed by atoms with Gasteiger partial charge in [-0.2, -0.15) is 0 Å². The van der Waals surface area contributed by atoms with Crippen molar-refractivity contribution in [3.05, 3.63) is 21.4 Å². The maximum atomic E-state index is 12.7. The molecule has 21 heavy (non-hydrogen) atoms. The quantitative estimate of drug-likeness (QED) is 0.865. The van der Waals surface area contributed by atoms with E-state index in [9.17, 15) is 9.90 Å². The number of carbonyl (C=O) groups is 1. The number of hydrogen-bond donors (Lipinski definition) is 1. The van der Waals surface area contributed by atoms with Gasteiger partial charge in [0, 0.05) is 18.0 Å². The normalized spacial score (nSPS) is 26.9. The van der Waals surface area contributed by atoms with Crippen molar-refractivity contribution >= 4 is 17.2 Å². The van der Waals surface area contributed by atoms with Gasteiger partial charge in [0.2, 0.25) is 0 Å². The van der Waals surface area contributed by atoms with Crippen molar-refractivity contribution in [3.63, 3.8) is 0 Å². The highest BCUT2D eigenvalue weighted by Crippen LogP contribution is 2.30. The van der Waals surface area contributed by atoms with Crippen LogP contribution in [0.3, 0.4) is 0 Å². The van der Waals surface area contributed by atoms with E-state index in [1.54, 1.807) is 11.3 Å². The number of carbonyl (C=O) groups excluding carboxylic acids is 1. The van der Waals surface area contributed by atoms with Crippen molar-refractivity contribution < 1.29 is 9.90 Å². The van der Waals surface area contributed by atoms with E-state index in [4.69, 9.17) is 0 Å². The van der Waals surface area contributed by atoms with Crippen molar-refractivity contribution in [1.82, 2.24) is 4.90 Å². The molecule has 0 spiro atoms. The van der Waals surface area contributed by atoms with E-state index >= 15 is 0 Å². The van der Waals surface area contributed by atoms with Gasteiger partial charge >= 0.3 is 0 Å². The first kappa shape index (κ1) is 15.0. The fourth-order valence-corrected chi connectivity index (χ4v) is 4.64. The van der Waals surface area contributed by atoms with Crippen LogP contribution in [0.4, 0.5) is 0 Å². The molecule has 0 aromatic carbocycles. The molecule has 2 atom stereocenters. The Bertz CT molecular complexity index is 485. The summed E-state index contributed by atoms with van der Waals surface area (Å²) in [4.78, 5) is 17.0. The Morgan fingerprint density at radius 1 is 1.29 bits per heavy atom. The molecule has 0 saturated carbocycles. The zero-order valence-corrected chi connectivity index (χ0v) is 13.6. The van der Waals surface area contributed by atoms with Crippen LogP contribution in [0.1, 0.15) is 59.1 Å². The Morgan fingerprint density at radius 3 is 2.81 bits per heavy atom. The number of piperidine rings is 1. The molecule has 0 radical (unpaired) electrons. The second-order valence-corrected chi connectivity index (χ2v) is 7.69. The van der Waals surface area contributed by atoms with Crippen molar-refractivity contribution in [3.8, 4) is 0 Å². The third-order valence-electron chi connectivity index (χ3n) is 4.85. The van der Waals surface area contributed by atoms with E-state index in [1.165, 1.54) is 36.1 Å². The number of aryl methyl sites for hydroxylation is 2. The SMILES string of the molecule is CC1CN(C(=O)c2cc3c(s2)CCCCCC3)CCC1O. The zero-order chi connectivity index (χ0) is 14.8. The third-order valence-corrected chi connectivity index (χ3v) is 6.08. The van der Waals surface area contributed by atoms with Gasteiger partial charge in [0.25, 0.3) is 5.91 Å². The van der Waals surface area contributed by atoms with Gasteiger partial charge in [-0.3, -0.25) is 4.79 Å². The smallest absolute Gasteiger partial charge is 0.263 e. The Morgan fingerprint density at radius 2 is 2.05 bits per heavy atom. The van der Waals surface area contributed by atoms with Gasteiger partial charge in [0.05, 0.1) is 11.0 Å². The molecule has 1 fully saturated rings. The van der Waals surface area contributed by atoms with Gasteiger partial charge in [0.1, 0.15) is 0 Å². The van der Waals surface area contributed by atoms with Gasteiger partial charge < -0.3 is 10.0 Å². The predicted octanol–water partition coefficient (Wildman–Crippen LogP) is 3.25. The molecule has 3 nitrogen and oxygen atoms in total. The van der Waals surface area contributed by atoms with Crippen molar-refractivity contribution in [1.29, 1.82) is 0 Å². The van der Waals surface area contributed by atoms with Crippen LogP contribution in [0.5, 0.6) is 0 Å². The average Bonchev–Trinajstić information content (AvgIpc) is 2.83. The number of rotatable bonds is 1. The first-order chi connectivity index (χ1) is 10.1. The Balaban J connectivity index is 1.74. The highest BCUT2D eigenvalue weighted by atomic mass is 32.1. The number of hydrogen-bond acceptors (Lipinski definition) is 3. The molecule has 4 heteroatoms. The summed E-state index contributed by atoms with van der Waals surface area (Å²) in [6.45, 7) is 3.40. The summed E-state index contributed by atoms with van der Waals surface area (Å²) in [5.74, 6) is 0.356. The monoisotopic (exact) mass is 307 g/mol. The molecule has 1 aliphatic heterocycles. The van der Waals surface area contributed by atoms with Crippen LogP contribution in [0.2, 0.25) is 0 Å². The summed E-state index contributed by atoms with van der Waals surface area (Å²) in [5, 5.41) is 9.81. The highest BCUT2D eigenvalue weighted by Gasteiger charge is 2.29. The van der Waals surface area contributed by atoms with Crippen LogP contribution in [-0.2, 0) is 12.8 Å². The van der Waals surface area contributed by atoms with Crippen LogP contribution in [0.25, 0.3) is 0 Å². The van der Waals surface area contributed by atoms with Crippen LogP contribution in [-0.4, -0.2) is 35.1 Å². The van der Waals surface area contributed by atoms with Gasteiger partial charge in [-0.1, -0.05) is 19.8 Å². The fraction of sp³-hybridized carbons (Fsp3) is 0.706. The molecular weight excluding hydrogens is 282 g/mol. The molecule has 2 aliphatic rings. The number of nitrogens with zero attached hydrogens (tertiary/aromatic N) is 1. The molecule has 1 amide bonds. The number of amides is 1.